The van der Waals surface area contributed by atoms with Crippen LogP contribution in [0.2, 0.25) is 0 Å². The normalized spacial score (nSPS) is 14.1. The highest BCUT2D eigenvalue weighted by Crippen LogP contribution is 2.14. The molecule has 5 unspecified atom stereocenters. The lowest BCUT2D eigenvalue weighted by Crippen LogP contribution is -2.59. The molecule has 2 aromatic rings. The third-order valence-corrected chi connectivity index (χ3v) is 7.40. The van der Waals surface area contributed by atoms with Gasteiger partial charge in [-0.3, -0.25) is 28.8 Å². The van der Waals surface area contributed by atoms with E-state index in [9.17, 15) is 39.0 Å². The minimum Gasteiger partial charge on any atom is -0.508 e. The first-order chi connectivity index (χ1) is 22.2. The number of primary amides is 1. The van der Waals surface area contributed by atoms with Gasteiger partial charge in [-0.1, -0.05) is 38.1 Å². The molecule has 5 atom stereocenters. The van der Waals surface area contributed by atoms with Gasteiger partial charge in [-0.15, -0.1) is 0 Å². The Labute approximate surface area is 278 Å². The summed E-state index contributed by atoms with van der Waals surface area (Å²) in [6, 6.07) is 6.33. The van der Waals surface area contributed by atoms with Crippen LogP contribution < -0.4 is 32.7 Å². The standard InChI is InChI=1S/C32H43N6O8S/c1-18(2)13-25(30(44)38-27(17-47)32(46)35-21(16-39)14-19-3-7-22(40)8-4-19)37-31(45)26(15-20-5-9-23(41)10-6-20)36-29(43)24(33)11-12-28(34)42/h3-10,18,21,24-27,40-41,47H,11-15,17,33H2,1-2H3,(H2,34,42)(H,35,46)(H,36,43)(H,37,45)(H,38,44). The van der Waals surface area contributed by atoms with Crippen LogP contribution in [0.3, 0.4) is 0 Å². The number of carbonyl (C=O) groups is 5. The summed E-state index contributed by atoms with van der Waals surface area (Å²) in [5, 5.41) is 29.5. The molecule has 0 aromatic heterocycles. The molecule has 0 saturated heterocycles. The maximum atomic E-state index is 13.6. The highest BCUT2D eigenvalue weighted by Gasteiger charge is 2.31. The fourth-order valence-electron chi connectivity index (χ4n) is 4.49. The van der Waals surface area contributed by atoms with Gasteiger partial charge in [0.1, 0.15) is 29.6 Å². The topological polar surface area (TPSA) is 243 Å². The first kappa shape index (κ1) is 38.6. The number of nitrogens with one attached hydrogen (secondary N) is 4. The number of nitrogens with two attached hydrogens (primary N) is 2. The van der Waals surface area contributed by atoms with Gasteiger partial charge in [-0.25, -0.2) is 0 Å². The van der Waals surface area contributed by atoms with Crippen molar-refractivity contribution in [3.8, 4) is 11.5 Å². The molecule has 1 radical (unpaired) electrons. The molecule has 0 aliphatic heterocycles. The Hall–Kier alpha value is -4.63. The molecule has 0 aliphatic rings. The predicted octanol–water partition coefficient (Wildman–Crippen LogP) is -0.499. The molecule has 15 heteroatoms. The molecule has 5 amide bonds. The average Bonchev–Trinajstić information content (AvgIpc) is 3.02. The van der Waals surface area contributed by atoms with Gasteiger partial charge in [0.2, 0.25) is 35.8 Å². The third-order valence-electron chi connectivity index (χ3n) is 7.04. The van der Waals surface area contributed by atoms with E-state index in [0.717, 1.165) is 0 Å². The lowest BCUT2D eigenvalue weighted by molar-refractivity contribution is -0.134. The van der Waals surface area contributed by atoms with Crippen molar-refractivity contribution in [2.45, 2.75) is 76.2 Å². The van der Waals surface area contributed by atoms with Crippen LogP contribution >= 0.6 is 12.6 Å². The molecule has 0 bridgehead atoms. The van der Waals surface area contributed by atoms with E-state index in [2.05, 4.69) is 33.9 Å². The Morgan fingerprint density at radius 2 is 1.21 bits per heavy atom. The van der Waals surface area contributed by atoms with Gasteiger partial charge in [-0.2, -0.15) is 12.6 Å². The van der Waals surface area contributed by atoms with Gasteiger partial charge >= 0.3 is 0 Å². The van der Waals surface area contributed by atoms with E-state index in [1.807, 2.05) is 13.8 Å². The van der Waals surface area contributed by atoms with Gasteiger partial charge in [0, 0.05) is 25.0 Å². The third kappa shape index (κ3) is 13.7. The van der Waals surface area contributed by atoms with Crippen molar-refractivity contribution in [1.82, 2.24) is 21.3 Å². The Morgan fingerprint density at radius 3 is 1.70 bits per heavy atom. The molecule has 0 heterocycles. The van der Waals surface area contributed by atoms with E-state index >= 15 is 0 Å². The smallest absolute Gasteiger partial charge is 0.244 e. The van der Waals surface area contributed by atoms with Crippen LogP contribution in [-0.2, 0) is 41.6 Å². The molecular formula is C32H43N6O8S. The van der Waals surface area contributed by atoms with Crippen LogP contribution in [0.15, 0.2) is 48.5 Å². The van der Waals surface area contributed by atoms with Crippen molar-refractivity contribution < 1.29 is 39.0 Å². The highest BCUT2D eigenvalue weighted by molar-refractivity contribution is 7.80. The summed E-state index contributed by atoms with van der Waals surface area (Å²) in [7, 11) is 0. The zero-order chi connectivity index (χ0) is 35.1. The van der Waals surface area contributed by atoms with E-state index in [1.54, 1.807) is 30.6 Å². The molecular weight excluding hydrogens is 628 g/mol. The fourth-order valence-corrected chi connectivity index (χ4v) is 4.75. The fraction of sp³-hybridized carbons (Fsp3) is 0.438. The Balaban J connectivity index is 2.18. The quantitative estimate of drug-likeness (QED) is 0.0873. The molecule has 0 fully saturated rings. The number of rotatable bonds is 19. The molecule has 2 aromatic carbocycles. The molecule has 14 nitrogen and oxygen atoms in total. The number of aromatic hydroxyl groups is 2. The van der Waals surface area contributed by atoms with Crippen molar-refractivity contribution >= 4 is 48.5 Å². The molecule has 47 heavy (non-hydrogen) atoms. The van der Waals surface area contributed by atoms with Crippen LogP contribution in [0.1, 0.15) is 44.2 Å². The zero-order valence-electron chi connectivity index (χ0n) is 26.3. The van der Waals surface area contributed by atoms with Crippen LogP contribution in [0.5, 0.6) is 11.5 Å². The number of hydrogen-bond donors (Lipinski definition) is 9. The predicted molar refractivity (Wildman–Crippen MR) is 177 cm³/mol. The molecule has 10 N–H and O–H groups in total. The van der Waals surface area contributed by atoms with E-state index in [-0.39, 0.29) is 55.3 Å². The average molecular weight is 672 g/mol. The van der Waals surface area contributed by atoms with Crippen molar-refractivity contribution in [3.63, 3.8) is 0 Å². The summed E-state index contributed by atoms with van der Waals surface area (Å²) in [4.78, 5) is 75.6. The Bertz CT molecular complexity index is 1370. The first-order valence-electron chi connectivity index (χ1n) is 15.0. The maximum Gasteiger partial charge on any atom is 0.244 e. The van der Waals surface area contributed by atoms with Gasteiger partial charge < -0.3 is 42.9 Å². The summed E-state index contributed by atoms with van der Waals surface area (Å²) in [5.74, 6) is -3.63. The molecule has 255 valence electrons. The van der Waals surface area contributed by atoms with Crippen LogP contribution in [0.4, 0.5) is 0 Å². The molecule has 2 rings (SSSR count). The van der Waals surface area contributed by atoms with E-state index in [0.29, 0.717) is 11.1 Å². The minimum absolute atomic E-state index is 0.00131. The number of carbonyl (C=O) groups excluding carboxylic acids is 6. The summed E-state index contributed by atoms with van der Waals surface area (Å²) in [5.41, 5.74) is 12.3. The Morgan fingerprint density at radius 1 is 0.745 bits per heavy atom. The van der Waals surface area contributed by atoms with Crippen molar-refractivity contribution in [1.29, 1.82) is 0 Å². The van der Waals surface area contributed by atoms with Crippen LogP contribution in [0, 0.1) is 5.92 Å². The van der Waals surface area contributed by atoms with Crippen molar-refractivity contribution in [2.75, 3.05) is 5.75 Å². The monoisotopic (exact) mass is 671 g/mol. The number of amides is 5. The van der Waals surface area contributed by atoms with Crippen LogP contribution in [-0.4, -0.2) is 82.0 Å². The number of benzene rings is 2. The van der Waals surface area contributed by atoms with Gasteiger partial charge in [0.25, 0.3) is 0 Å². The summed E-state index contributed by atoms with van der Waals surface area (Å²) in [6.07, 6.45) is 1.81. The van der Waals surface area contributed by atoms with Crippen LogP contribution in [0.25, 0.3) is 0 Å². The number of thiol groups is 1. The lowest BCUT2D eigenvalue weighted by atomic mass is 10.00. The highest BCUT2D eigenvalue weighted by atomic mass is 32.1. The summed E-state index contributed by atoms with van der Waals surface area (Å²) < 4.78 is 0. The van der Waals surface area contributed by atoms with E-state index in [4.69, 9.17) is 11.5 Å². The number of hydrogen-bond acceptors (Lipinski definition) is 10. The second kappa shape index (κ2) is 19.1. The van der Waals surface area contributed by atoms with Gasteiger partial charge in [0.05, 0.1) is 12.1 Å². The second-order valence-electron chi connectivity index (χ2n) is 11.5. The summed E-state index contributed by atoms with van der Waals surface area (Å²) in [6.45, 7) is 3.66. The Kier molecular flexibility index (Phi) is 15.7. The summed E-state index contributed by atoms with van der Waals surface area (Å²) >= 11 is 4.19. The van der Waals surface area contributed by atoms with E-state index in [1.165, 1.54) is 24.3 Å². The lowest BCUT2D eigenvalue weighted by Gasteiger charge is -2.27. The number of phenolic OH excluding ortho intramolecular Hbond substituents is 2. The minimum atomic E-state index is -1.21. The molecule has 0 aliphatic carbocycles. The van der Waals surface area contributed by atoms with E-state index < -0.39 is 59.7 Å². The number of phenols is 2. The zero-order valence-corrected chi connectivity index (χ0v) is 27.2. The van der Waals surface area contributed by atoms with Crippen molar-refractivity contribution in [3.05, 3.63) is 59.7 Å². The maximum absolute atomic E-state index is 13.6. The molecule has 0 saturated carbocycles. The van der Waals surface area contributed by atoms with Gasteiger partial charge in [0.15, 0.2) is 0 Å². The molecule has 0 spiro atoms. The van der Waals surface area contributed by atoms with Crippen molar-refractivity contribution in [2.24, 2.45) is 17.4 Å². The second-order valence-corrected chi connectivity index (χ2v) is 11.9. The SMILES string of the molecule is CC(C)CC(NC(=O)C(Cc1ccc(O)cc1)NC(=O)C(N)CCC(N)=O)C(=O)NC(CS)C(=O)NC([C]=O)Cc1ccc(O)cc1. The first-order valence-corrected chi connectivity index (χ1v) is 15.6. The largest absolute Gasteiger partial charge is 0.508 e. The van der Waals surface area contributed by atoms with Gasteiger partial charge in [-0.05, 0) is 54.2 Å².